The molecule has 3 nitrogen and oxygen atoms in total. The molecule has 0 saturated carbocycles. The Hall–Kier alpha value is -0.120. The van der Waals surface area contributed by atoms with Gasteiger partial charge in [0.2, 0.25) is 0 Å². The fraction of sp³-hybridized carbons (Fsp3) is 1.00. The van der Waals surface area contributed by atoms with Gasteiger partial charge in [0.15, 0.2) is 0 Å². The van der Waals surface area contributed by atoms with Crippen molar-refractivity contribution in [3.05, 3.63) is 0 Å². The van der Waals surface area contributed by atoms with Gasteiger partial charge in [-0.3, -0.25) is 0 Å². The molecule has 0 spiro atoms. The Labute approximate surface area is 68.7 Å². The van der Waals surface area contributed by atoms with Gasteiger partial charge in [-0.15, -0.1) is 0 Å². The van der Waals surface area contributed by atoms with Crippen molar-refractivity contribution in [2.24, 2.45) is 11.7 Å². The quantitative estimate of drug-likeness (QED) is 0.484. The molecule has 0 aliphatic carbocycles. The first kappa shape index (κ1) is 8.97. The van der Waals surface area contributed by atoms with Crippen molar-refractivity contribution in [2.75, 3.05) is 32.7 Å². The lowest BCUT2D eigenvalue weighted by molar-refractivity contribution is 0.362. The maximum Gasteiger partial charge on any atom is 0.00746 e. The van der Waals surface area contributed by atoms with E-state index in [1.807, 2.05) is 0 Å². The third-order valence-electron chi connectivity index (χ3n) is 2.15. The van der Waals surface area contributed by atoms with Crippen molar-refractivity contribution in [1.82, 2.24) is 10.6 Å². The Morgan fingerprint density at radius 1 is 1.55 bits per heavy atom. The predicted molar refractivity (Wildman–Crippen MR) is 47.5 cm³/mol. The minimum absolute atomic E-state index is 0.750. The van der Waals surface area contributed by atoms with Gasteiger partial charge >= 0.3 is 0 Å². The summed E-state index contributed by atoms with van der Waals surface area (Å²) >= 11 is 0. The van der Waals surface area contributed by atoms with E-state index >= 15 is 0 Å². The van der Waals surface area contributed by atoms with E-state index < -0.39 is 0 Å². The van der Waals surface area contributed by atoms with Crippen LogP contribution in [0.3, 0.4) is 0 Å². The van der Waals surface area contributed by atoms with Gasteiger partial charge in [-0.2, -0.15) is 0 Å². The van der Waals surface area contributed by atoms with E-state index in [0.29, 0.717) is 0 Å². The molecule has 1 aliphatic heterocycles. The highest BCUT2D eigenvalue weighted by Gasteiger charge is 2.11. The maximum absolute atomic E-state index is 5.37. The van der Waals surface area contributed by atoms with Gasteiger partial charge in [0.1, 0.15) is 0 Å². The highest BCUT2D eigenvalue weighted by molar-refractivity contribution is 4.70. The smallest absolute Gasteiger partial charge is 0.00746 e. The van der Waals surface area contributed by atoms with Crippen molar-refractivity contribution < 1.29 is 0 Å². The predicted octanol–water partition coefficient (Wildman–Crippen LogP) is -0.466. The zero-order valence-electron chi connectivity index (χ0n) is 7.10. The van der Waals surface area contributed by atoms with Crippen LogP contribution in [0.15, 0.2) is 0 Å². The van der Waals surface area contributed by atoms with Crippen LogP contribution in [0.25, 0.3) is 0 Å². The van der Waals surface area contributed by atoms with Crippen LogP contribution in [0.1, 0.15) is 12.8 Å². The van der Waals surface area contributed by atoms with E-state index in [1.54, 1.807) is 0 Å². The fourth-order valence-corrected chi connectivity index (χ4v) is 1.51. The average Bonchev–Trinajstić information content (AvgIpc) is 2.07. The lowest BCUT2D eigenvalue weighted by atomic mass is 10.00. The summed E-state index contributed by atoms with van der Waals surface area (Å²) in [5.74, 6) is 0.829. The largest absolute Gasteiger partial charge is 0.329 e. The maximum atomic E-state index is 5.37. The average molecular weight is 157 g/mol. The van der Waals surface area contributed by atoms with Crippen LogP contribution >= 0.6 is 0 Å². The normalized spacial score (nSPS) is 25.4. The highest BCUT2D eigenvalue weighted by Crippen LogP contribution is 2.07. The lowest BCUT2D eigenvalue weighted by Crippen LogP contribution is -2.37. The minimum atomic E-state index is 0.750. The van der Waals surface area contributed by atoms with Crippen LogP contribution in [0.2, 0.25) is 0 Å². The number of hydrogen-bond acceptors (Lipinski definition) is 3. The Morgan fingerprint density at radius 2 is 2.45 bits per heavy atom. The van der Waals surface area contributed by atoms with Gasteiger partial charge in [0, 0.05) is 13.1 Å². The Balaban J connectivity index is 1.96. The third kappa shape index (κ3) is 3.70. The Kier molecular flexibility index (Phi) is 4.50. The molecule has 1 saturated heterocycles. The van der Waals surface area contributed by atoms with E-state index in [1.165, 1.54) is 25.9 Å². The Bertz CT molecular complexity index is 89.3. The topological polar surface area (TPSA) is 50.1 Å². The van der Waals surface area contributed by atoms with Gasteiger partial charge in [-0.1, -0.05) is 0 Å². The first-order valence-corrected chi connectivity index (χ1v) is 4.55. The molecule has 0 radical (unpaired) electrons. The molecule has 1 unspecified atom stereocenters. The molecular weight excluding hydrogens is 138 g/mol. The highest BCUT2D eigenvalue weighted by atomic mass is 14.9. The molecule has 1 heterocycles. The number of hydrogen-bond donors (Lipinski definition) is 3. The molecule has 4 N–H and O–H groups in total. The lowest BCUT2D eigenvalue weighted by Gasteiger charge is -2.22. The molecule has 66 valence electrons. The van der Waals surface area contributed by atoms with Crippen LogP contribution in [0, 0.1) is 5.92 Å². The van der Waals surface area contributed by atoms with Crippen molar-refractivity contribution in [3.63, 3.8) is 0 Å². The van der Waals surface area contributed by atoms with Crippen molar-refractivity contribution in [2.45, 2.75) is 12.8 Å². The first-order valence-electron chi connectivity index (χ1n) is 4.55. The summed E-state index contributed by atoms with van der Waals surface area (Å²) in [6, 6.07) is 0. The minimum Gasteiger partial charge on any atom is -0.329 e. The first-order chi connectivity index (χ1) is 5.43. The SMILES string of the molecule is NCCNCC1CCCNC1. The van der Waals surface area contributed by atoms with Crippen molar-refractivity contribution in [3.8, 4) is 0 Å². The molecular formula is C8H19N3. The molecule has 0 amide bonds. The summed E-state index contributed by atoms with van der Waals surface area (Å²) < 4.78 is 0. The summed E-state index contributed by atoms with van der Waals surface area (Å²) in [6.45, 7) is 5.21. The molecule has 1 rings (SSSR count). The van der Waals surface area contributed by atoms with Crippen LogP contribution in [-0.2, 0) is 0 Å². The van der Waals surface area contributed by atoms with E-state index in [4.69, 9.17) is 5.73 Å². The number of rotatable bonds is 4. The van der Waals surface area contributed by atoms with Gasteiger partial charge in [0.25, 0.3) is 0 Å². The van der Waals surface area contributed by atoms with Gasteiger partial charge in [-0.05, 0) is 38.4 Å². The monoisotopic (exact) mass is 157 g/mol. The molecule has 0 aromatic carbocycles. The molecule has 11 heavy (non-hydrogen) atoms. The molecule has 1 fully saturated rings. The zero-order valence-corrected chi connectivity index (χ0v) is 7.10. The van der Waals surface area contributed by atoms with Crippen LogP contribution in [-0.4, -0.2) is 32.7 Å². The van der Waals surface area contributed by atoms with E-state index in [2.05, 4.69) is 10.6 Å². The van der Waals surface area contributed by atoms with E-state index in [-0.39, 0.29) is 0 Å². The van der Waals surface area contributed by atoms with E-state index in [9.17, 15) is 0 Å². The van der Waals surface area contributed by atoms with Crippen molar-refractivity contribution in [1.29, 1.82) is 0 Å². The molecule has 0 aromatic rings. The number of nitrogens with one attached hydrogen (secondary N) is 2. The second kappa shape index (κ2) is 5.52. The van der Waals surface area contributed by atoms with E-state index in [0.717, 1.165) is 25.6 Å². The summed E-state index contributed by atoms with van der Waals surface area (Å²) in [6.07, 6.45) is 2.69. The van der Waals surface area contributed by atoms with Crippen LogP contribution < -0.4 is 16.4 Å². The van der Waals surface area contributed by atoms with Gasteiger partial charge < -0.3 is 16.4 Å². The summed E-state index contributed by atoms with van der Waals surface area (Å²) in [5, 5.41) is 6.73. The second-order valence-corrected chi connectivity index (χ2v) is 3.21. The van der Waals surface area contributed by atoms with Crippen LogP contribution in [0.5, 0.6) is 0 Å². The number of nitrogens with two attached hydrogens (primary N) is 1. The molecule has 1 atom stereocenters. The zero-order chi connectivity index (χ0) is 7.94. The summed E-state index contributed by atoms with van der Waals surface area (Å²) in [4.78, 5) is 0. The standard InChI is InChI=1S/C8H19N3/c9-3-5-11-7-8-2-1-4-10-6-8/h8,10-11H,1-7,9H2. The van der Waals surface area contributed by atoms with Crippen LogP contribution in [0.4, 0.5) is 0 Å². The number of piperidine rings is 1. The Morgan fingerprint density at radius 3 is 3.09 bits per heavy atom. The summed E-state index contributed by atoms with van der Waals surface area (Å²) in [7, 11) is 0. The third-order valence-corrected chi connectivity index (χ3v) is 2.15. The molecule has 1 aliphatic rings. The van der Waals surface area contributed by atoms with Gasteiger partial charge in [0.05, 0.1) is 0 Å². The van der Waals surface area contributed by atoms with Crippen molar-refractivity contribution >= 4 is 0 Å². The molecule has 0 bridgehead atoms. The molecule has 0 aromatic heterocycles. The summed E-state index contributed by atoms with van der Waals surface area (Å²) in [5.41, 5.74) is 5.37. The second-order valence-electron chi connectivity index (χ2n) is 3.21. The fourth-order valence-electron chi connectivity index (χ4n) is 1.51. The molecule has 3 heteroatoms. The van der Waals surface area contributed by atoms with Gasteiger partial charge in [-0.25, -0.2) is 0 Å².